The van der Waals surface area contributed by atoms with E-state index in [1.165, 1.54) is 0 Å². The zero-order chi connectivity index (χ0) is 12.5. The lowest BCUT2D eigenvalue weighted by Crippen LogP contribution is -2.54. The Morgan fingerprint density at radius 3 is 1.67 bits per heavy atom. The van der Waals surface area contributed by atoms with Gasteiger partial charge >= 0.3 is 17.3 Å². The Hall–Kier alpha value is -0.440. The molecule has 0 heterocycles. The van der Waals surface area contributed by atoms with Gasteiger partial charge in [0.2, 0.25) is 0 Å². The van der Waals surface area contributed by atoms with Crippen molar-refractivity contribution >= 4 is 16.9 Å². The number of carbonyl (C=O) groups is 1. The summed E-state index contributed by atoms with van der Waals surface area (Å²) in [5, 5.41) is 7.08. The third-order valence-corrected chi connectivity index (χ3v) is 2.59. The standard InChI is InChI=1S/C6H6F6O2S/c1-2-3(13)15-4(14,5(7,8)9)6(10,11)12/h14H,2H2,1H3. The fraction of sp³-hybridized carbons (Fsp3) is 0.833. The summed E-state index contributed by atoms with van der Waals surface area (Å²) in [6, 6.07) is 0. The minimum atomic E-state index is -5.96. The Balaban J connectivity index is 5.15. The molecule has 1 N–H and O–H groups in total. The number of hydrogen-bond donors (Lipinski definition) is 1. The van der Waals surface area contributed by atoms with E-state index in [0.29, 0.717) is 0 Å². The summed E-state index contributed by atoms with van der Waals surface area (Å²) in [6.07, 6.45) is -12.5. The lowest BCUT2D eigenvalue weighted by molar-refractivity contribution is -0.327. The molecule has 0 atom stereocenters. The Morgan fingerprint density at radius 1 is 1.13 bits per heavy atom. The van der Waals surface area contributed by atoms with E-state index >= 15 is 0 Å². The first-order valence-electron chi connectivity index (χ1n) is 3.53. The van der Waals surface area contributed by atoms with Crippen molar-refractivity contribution in [3.05, 3.63) is 0 Å². The molecular formula is C6H6F6O2S. The van der Waals surface area contributed by atoms with Crippen molar-refractivity contribution in [1.82, 2.24) is 0 Å². The molecule has 0 aliphatic carbocycles. The highest BCUT2D eigenvalue weighted by Crippen LogP contribution is 2.50. The second-order valence-corrected chi connectivity index (χ2v) is 3.72. The quantitative estimate of drug-likeness (QED) is 0.609. The lowest BCUT2D eigenvalue weighted by Gasteiger charge is -2.30. The minimum absolute atomic E-state index is 0.543. The van der Waals surface area contributed by atoms with E-state index in [2.05, 4.69) is 0 Å². The van der Waals surface area contributed by atoms with Gasteiger partial charge in [0.15, 0.2) is 5.12 Å². The molecule has 0 radical (unpaired) electrons. The van der Waals surface area contributed by atoms with Gasteiger partial charge in [0.25, 0.3) is 0 Å². The van der Waals surface area contributed by atoms with Crippen LogP contribution in [0.3, 0.4) is 0 Å². The molecule has 90 valence electrons. The molecule has 0 aromatic carbocycles. The summed E-state index contributed by atoms with van der Waals surface area (Å²) in [4.78, 5) is 5.49. The van der Waals surface area contributed by atoms with Crippen LogP contribution in [0, 0.1) is 0 Å². The molecule has 0 bridgehead atoms. The summed E-state index contributed by atoms with van der Waals surface area (Å²) >= 11 is -1.17. The van der Waals surface area contributed by atoms with E-state index in [9.17, 15) is 31.1 Å². The number of aliphatic hydroxyl groups is 1. The zero-order valence-electron chi connectivity index (χ0n) is 7.24. The average Bonchev–Trinajstić information content (AvgIpc) is 1.99. The highest BCUT2D eigenvalue weighted by Gasteiger charge is 2.72. The highest BCUT2D eigenvalue weighted by molar-refractivity contribution is 8.14. The number of halogens is 6. The van der Waals surface area contributed by atoms with Crippen molar-refractivity contribution in [3.8, 4) is 0 Å². The van der Waals surface area contributed by atoms with Crippen molar-refractivity contribution in [2.75, 3.05) is 0 Å². The number of rotatable bonds is 2. The van der Waals surface area contributed by atoms with Crippen molar-refractivity contribution in [2.45, 2.75) is 30.6 Å². The normalized spacial score (nSPS) is 14.1. The molecule has 0 aromatic rings. The third kappa shape index (κ3) is 3.00. The molecular weight excluding hydrogens is 250 g/mol. The molecule has 0 rings (SSSR count). The van der Waals surface area contributed by atoms with Crippen LogP contribution in [-0.2, 0) is 4.79 Å². The molecule has 2 nitrogen and oxygen atoms in total. The molecule has 0 saturated heterocycles. The fourth-order valence-electron chi connectivity index (χ4n) is 0.513. The average molecular weight is 256 g/mol. The smallest absolute Gasteiger partial charge is 0.364 e. The van der Waals surface area contributed by atoms with Crippen molar-refractivity contribution in [3.63, 3.8) is 0 Å². The van der Waals surface area contributed by atoms with Crippen LogP contribution < -0.4 is 0 Å². The number of hydrogen-bond acceptors (Lipinski definition) is 3. The van der Waals surface area contributed by atoms with Crippen LogP contribution in [0.25, 0.3) is 0 Å². The van der Waals surface area contributed by atoms with Crippen LogP contribution in [-0.4, -0.2) is 27.5 Å². The van der Waals surface area contributed by atoms with E-state index < -0.39 is 40.6 Å². The number of alkyl halides is 6. The number of carbonyl (C=O) groups excluding carboxylic acids is 1. The molecule has 0 fully saturated rings. The van der Waals surface area contributed by atoms with E-state index in [4.69, 9.17) is 5.11 Å². The van der Waals surface area contributed by atoms with Gasteiger partial charge in [-0.3, -0.25) is 4.79 Å². The summed E-state index contributed by atoms with van der Waals surface area (Å²) in [5.74, 6) is 0. The van der Waals surface area contributed by atoms with E-state index in [-0.39, 0.29) is 0 Å². The second kappa shape index (κ2) is 4.20. The van der Waals surface area contributed by atoms with Crippen molar-refractivity contribution in [2.24, 2.45) is 0 Å². The first-order valence-corrected chi connectivity index (χ1v) is 4.35. The van der Waals surface area contributed by atoms with Crippen molar-refractivity contribution in [1.29, 1.82) is 0 Å². The Kier molecular flexibility index (Phi) is 4.08. The molecule has 15 heavy (non-hydrogen) atoms. The van der Waals surface area contributed by atoms with Gasteiger partial charge in [0.05, 0.1) is 0 Å². The molecule has 0 aliphatic heterocycles. The Morgan fingerprint density at radius 2 is 1.47 bits per heavy atom. The first-order chi connectivity index (χ1) is 6.45. The zero-order valence-corrected chi connectivity index (χ0v) is 8.06. The van der Waals surface area contributed by atoms with Crippen LogP contribution in [0.4, 0.5) is 26.3 Å². The van der Waals surface area contributed by atoms with E-state index in [1.807, 2.05) is 0 Å². The van der Waals surface area contributed by atoms with E-state index in [1.54, 1.807) is 0 Å². The molecule has 9 heteroatoms. The molecule has 0 aliphatic rings. The van der Waals surface area contributed by atoms with Crippen LogP contribution in [0.1, 0.15) is 13.3 Å². The van der Waals surface area contributed by atoms with Gasteiger partial charge in [0, 0.05) is 6.42 Å². The van der Waals surface area contributed by atoms with Gasteiger partial charge in [-0.25, -0.2) is 0 Å². The largest absolute Gasteiger partial charge is 0.436 e. The highest BCUT2D eigenvalue weighted by atomic mass is 32.2. The Labute approximate surface area is 84.6 Å². The summed E-state index contributed by atoms with van der Waals surface area (Å²) in [6.45, 7) is 1.09. The molecule has 0 spiro atoms. The maximum atomic E-state index is 12.0. The van der Waals surface area contributed by atoms with Crippen LogP contribution >= 0.6 is 11.8 Å². The van der Waals surface area contributed by atoms with Gasteiger partial charge < -0.3 is 5.11 Å². The van der Waals surface area contributed by atoms with Crippen LogP contribution in [0.5, 0.6) is 0 Å². The van der Waals surface area contributed by atoms with Crippen molar-refractivity contribution < 1.29 is 36.2 Å². The third-order valence-electron chi connectivity index (χ3n) is 1.32. The summed E-state index contributed by atoms with van der Waals surface area (Å²) in [5.41, 5.74) is 0. The maximum Gasteiger partial charge on any atom is 0.436 e. The lowest BCUT2D eigenvalue weighted by atomic mass is 10.3. The Bertz CT molecular complexity index is 231. The molecule has 0 unspecified atom stereocenters. The summed E-state index contributed by atoms with van der Waals surface area (Å²) < 4.78 is 71.7. The van der Waals surface area contributed by atoms with Gasteiger partial charge in [-0.1, -0.05) is 6.92 Å². The van der Waals surface area contributed by atoms with Gasteiger partial charge in [-0.05, 0) is 11.8 Å². The fourth-order valence-corrected chi connectivity index (χ4v) is 1.22. The second-order valence-electron chi connectivity index (χ2n) is 2.47. The summed E-state index contributed by atoms with van der Waals surface area (Å²) in [7, 11) is 0. The van der Waals surface area contributed by atoms with Gasteiger partial charge in [0.1, 0.15) is 0 Å². The van der Waals surface area contributed by atoms with Gasteiger partial charge in [-0.15, -0.1) is 0 Å². The maximum absolute atomic E-state index is 12.0. The topological polar surface area (TPSA) is 37.3 Å². The number of thioether (sulfide) groups is 1. The molecule has 0 saturated carbocycles. The minimum Gasteiger partial charge on any atom is -0.364 e. The van der Waals surface area contributed by atoms with Gasteiger partial charge in [-0.2, -0.15) is 26.3 Å². The first kappa shape index (κ1) is 14.6. The van der Waals surface area contributed by atoms with Crippen LogP contribution in [0.2, 0.25) is 0 Å². The SMILES string of the molecule is CCC(=O)SC(O)(C(F)(F)F)C(F)(F)F. The molecule has 0 amide bonds. The monoisotopic (exact) mass is 256 g/mol. The predicted molar refractivity (Wildman–Crippen MR) is 39.9 cm³/mol. The molecule has 0 aromatic heterocycles. The van der Waals surface area contributed by atoms with E-state index in [0.717, 1.165) is 6.92 Å². The van der Waals surface area contributed by atoms with Crippen LogP contribution in [0.15, 0.2) is 0 Å². The predicted octanol–water partition coefficient (Wildman–Crippen LogP) is 2.47.